The highest BCUT2D eigenvalue weighted by atomic mass is 32.1. The number of aromatic nitrogens is 4. The van der Waals surface area contributed by atoms with Crippen molar-refractivity contribution in [2.75, 3.05) is 5.32 Å². The lowest BCUT2D eigenvalue weighted by Crippen LogP contribution is -1.95. The molecule has 0 saturated carbocycles. The second-order valence-electron chi connectivity index (χ2n) is 6.43. The van der Waals surface area contributed by atoms with Crippen LogP contribution in [0.5, 0.6) is 0 Å². The topological polar surface area (TPSA) is 66.5 Å². The van der Waals surface area contributed by atoms with Crippen molar-refractivity contribution < 1.29 is 0 Å². The molecule has 5 aromatic rings. The van der Waals surface area contributed by atoms with Gasteiger partial charge >= 0.3 is 0 Å². The number of nitrogens with one attached hydrogen (secondary N) is 2. The Labute approximate surface area is 158 Å². The summed E-state index contributed by atoms with van der Waals surface area (Å²) < 4.78 is 1.28. The van der Waals surface area contributed by atoms with Crippen LogP contribution in [-0.2, 0) is 0 Å². The monoisotopic (exact) mass is 367 g/mol. The van der Waals surface area contributed by atoms with Crippen molar-refractivity contribution in [1.82, 2.24) is 19.9 Å². The third-order valence-corrected chi connectivity index (χ3v) is 5.73. The van der Waals surface area contributed by atoms with Crippen LogP contribution >= 0.6 is 11.3 Å². The minimum absolute atomic E-state index is 0.789. The summed E-state index contributed by atoms with van der Waals surface area (Å²) in [5.41, 5.74) is 5.88. The second-order valence-corrected chi connectivity index (χ2v) is 7.38. The SMILES string of the molecule is c1cnc2c(c1)-c1nc(-c3ccc4sccc4c3)[nH]c1-c1ccncc1N2. The van der Waals surface area contributed by atoms with Gasteiger partial charge in [-0.2, -0.15) is 0 Å². The quantitative estimate of drug-likeness (QED) is 0.404. The number of hydrogen-bond acceptors (Lipinski definition) is 5. The van der Waals surface area contributed by atoms with Crippen LogP contribution in [0.15, 0.2) is 66.4 Å². The van der Waals surface area contributed by atoms with E-state index in [1.807, 2.05) is 24.4 Å². The van der Waals surface area contributed by atoms with Gasteiger partial charge < -0.3 is 10.3 Å². The van der Waals surface area contributed by atoms with Crippen LogP contribution in [0.1, 0.15) is 0 Å². The lowest BCUT2D eigenvalue weighted by atomic mass is 10.1. The molecule has 0 amide bonds. The Hall–Kier alpha value is -3.51. The number of hydrogen-bond donors (Lipinski definition) is 2. The molecule has 0 saturated heterocycles. The molecule has 0 spiro atoms. The Morgan fingerprint density at radius 3 is 2.96 bits per heavy atom. The molecule has 1 aliphatic heterocycles. The third-order valence-electron chi connectivity index (χ3n) is 4.84. The largest absolute Gasteiger partial charge is 0.338 e. The summed E-state index contributed by atoms with van der Waals surface area (Å²) in [6.45, 7) is 0. The number of thiophene rings is 1. The average molecular weight is 367 g/mol. The van der Waals surface area contributed by atoms with Gasteiger partial charge in [-0.1, -0.05) is 0 Å². The standard InChI is InChI=1S/C21H13N5S/c1-2-15-19-18(14-5-8-22-11-16(14)24-21(15)23-7-1)25-20(26-19)13-3-4-17-12(10-13)6-9-27-17/h1-11H,(H,23,24)(H,25,26). The average Bonchev–Trinajstić information content (AvgIpc) is 3.33. The molecule has 0 atom stereocenters. The molecule has 5 nitrogen and oxygen atoms in total. The summed E-state index contributed by atoms with van der Waals surface area (Å²) in [5, 5.41) is 6.73. The molecule has 0 aliphatic carbocycles. The molecule has 128 valence electrons. The van der Waals surface area contributed by atoms with E-state index in [-0.39, 0.29) is 0 Å². The fraction of sp³-hybridized carbons (Fsp3) is 0. The van der Waals surface area contributed by atoms with Gasteiger partial charge in [0.1, 0.15) is 17.3 Å². The van der Waals surface area contributed by atoms with Gasteiger partial charge in [-0.15, -0.1) is 11.3 Å². The zero-order valence-corrected chi connectivity index (χ0v) is 14.9. The first-order chi connectivity index (χ1) is 13.4. The number of imidazole rings is 1. The van der Waals surface area contributed by atoms with Crippen LogP contribution in [0.3, 0.4) is 0 Å². The van der Waals surface area contributed by atoms with E-state index in [0.29, 0.717) is 0 Å². The van der Waals surface area contributed by atoms with Crippen molar-refractivity contribution in [3.63, 3.8) is 0 Å². The van der Waals surface area contributed by atoms with E-state index in [1.54, 1.807) is 23.7 Å². The molecule has 0 fully saturated rings. The molecule has 2 N–H and O–H groups in total. The van der Waals surface area contributed by atoms with Crippen molar-refractivity contribution >= 4 is 32.9 Å². The molecule has 5 heterocycles. The third kappa shape index (κ3) is 2.20. The highest BCUT2D eigenvalue weighted by Gasteiger charge is 2.24. The predicted molar refractivity (Wildman–Crippen MR) is 109 cm³/mol. The maximum Gasteiger partial charge on any atom is 0.139 e. The number of rotatable bonds is 1. The predicted octanol–water partition coefficient (Wildman–Crippen LogP) is 5.47. The number of pyridine rings is 2. The van der Waals surface area contributed by atoms with E-state index < -0.39 is 0 Å². The van der Waals surface area contributed by atoms with Crippen molar-refractivity contribution in [3.05, 3.63) is 66.4 Å². The molecule has 0 radical (unpaired) electrons. The van der Waals surface area contributed by atoms with Crippen LogP contribution in [0.2, 0.25) is 0 Å². The van der Waals surface area contributed by atoms with Crippen LogP contribution in [0.4, 0.5) is 11.5 Å². The molecule has 6 heteroatoms. The van der Waals surface area contributed by atoms with E-state index in [4.69, 9.17) is 4.98 Å². The molecule has 27 heavy (non-hydrogen) atoms. The Morgan fingerprint density at radius 1 is 0.963 bits per heavy atom. The number of H-pyrrole nitrogens is 1. The zero-order valence-electron chi connectivity index (χ0n) is 14.1. The fourth-order valence-electron chi connectivity index (χ4n) is 3.55. The molecule has 0 bridgehead atoms. The van der Waals surface area contributed by atoms with E-state index in [1.165, 1.54) is 10.1 Å². The number of fused-ring (bicyclic) bond motifs is 6. The number of aromatic amines is 1. The first-order valence-corrected chi connectivity index (χ1v) is 9.49. The Kier molecular flexibility index (Phi) is 2.98. The van der Waals surface area contributed by atoms with Crippen molar-refractivity contribution in [1.29, 1.82) is 0 Å². The Morgan fingerprint density at radius 2 is 1.96 bits per heavy atom. The minimum atomic E-state index is 0.789. The highest BCUT2D eigenvalue weighted by molar-refractivity contribution is 7.17. The lowest BCUT2D eigenvalue weighted by molar-refractivity contribution is 1.26. The molecular formula is C21H13N5S. The van der Waals surface area contributed by atoms with Gasteiger partial charge in [0.15, 0.2) is 0 Å². The van der Waals surface area contributed by atoms with Crippen LogP contribution < -0.4 is 5.32 Å². The summed E-state index contributed by atoms with van der Waals surface area (Å²) in [5.74, 6) is 1.64. The fourth-order valence-corrected chi connectivity index (χ4v) is 4.32. The maximum absolute atomic E-state index is 4.96. The normalized spacial score (nSPS) is 12.0. The summed E-state index contributed by atoms with van der Waals surface area (Å²) in [6.07, 6.45) is 5.40. The number of anilines is 2. The van der Waals surface area contributed by atoms with Gasteiger partial charge in [0, 0.05) is 33.8 Å². The highest BCUT2D eigenvalue weighted by Crippen LogP contribution is 2.42. The van der Waals surface area contributed by atoms with Gasteiger partial charge in [-0.05, 0) is 53.2 Å². The minimum Gasteiger partial charge on any atom is -0.338 e. The Bertz CT molecular complexity index is 1250. The van der Waals surface area contributed by atoms with Gasteiger partial charge in [-0.25, -0.2) is 9.97 Å². The van der Waals surface area contributed by atoms with Crippen LogP contribution in [0, 0.1) is 0 Å². The summed E-state index contributed by atoms with van der Waals surface area (Å²) >= 11 is 1.75. The van der Waals surface area contributed by atoms with Gasteiger partial charge in [-0.3, -0.25) is 4.98 Å². The maximum atomic E-state index is 4.96. The second kappa shape index (κ2) is 5.49. The number of benzene rings is 1. The van der Waals surface area contributed by atoms with Crippen LogP contribution in [0.25, 0.3) is 44.0 Å². The van der Waals surface area contributed by atoms with Crippen molar-refractivity contribution in [2.24, 2.45) is 0 Å². The smallest absolute Gasteiger partial charge is 0.139 e. The van der Waals surface area contributed by atoms with E-state index in [2.05, 4.69) is 49.9 Å². The molecular weight excluding hydrogens is 354 g/mol. The van der Waals surface area contributed by atoms with Crippen molar-refractivity contribution in [3.8, 4) is 33.9 Å². The summed E-state index contributed by atoms with van der Waals surface area (Å²) in [4.78, 5) is 17.3. The van der Waals surface area contributed by atoms with E-state index >= 15 is 0 Å². The van der Waals surface area contributed by atoms with Gasteiger partial charge in [0.05, 0.1) is 17.6 Å². The number of nitrogens with zero attached hydrogens (tertiary/aromatic N) is 3. The summed E-state index contributed by atoms with van der Waals surface area (Å²) in [7, 11) is 0. The van der Waals surface area contributed by atoms with Crippen molar-refractivity contribution in [2.45, 2.75) is 0 Å². The molecule has 1 aliphatic rings. The van der Waals surface area contributed by atoms with E-state index in [9.17, 15) is 0 Å². The summed E-state index contributed by atoms with van der Waals surface area (Å²) in [6, 6.07) is 14.6. The lowest BCUT2D eigenvalue weighted by Gasteiger charge is -2.07. The zero-order chi connectivity index (χ0) is 17.8. The molecule has 1 aromatic carbocycles. The Balaban J connectivity index is 1.63. The van der Waals surface area contributed by atoms with Crippen LogP contribution in [-0.4, -0.2) is 19.9 Å². The molecule has 6 rings (SSSR count). The van der Waals surface area contributed by atoms with E-state index in [0.717, 1.165) is 45.4 Å². The van der Waals surface area contributed by atoms with Gasteiger partial charge in [0.25, 0.3) is 0 Å². The molecule has 4 aromatic heterocycles. The van der Waals surface area contributed by atoms with Gasteiger partial charge in [0.2, 0.25) is 0 Å². The first kappa shape index (κ1) is 14.6. The first-order valence-electron chi connectivity index (χ1n) is 8.61. The molecule has 0 unspecified atom stereocenters.